The minimum absolute atomic E-state index is 0.0936. The molecule has 1 aliphatic carbocycles. The van der Waals surface area contributed by atoms with Crippen molar-refractivity contribution >= 4 is 11.9 Å². The Morgan fingerprint density at radius 2 is 1.76 bits per heavy atom. The first-order valence-corrected chi connectivity index (χ1v) is 9.89. The summed E-state index contributed by atoms with van der Waals surface area (Å²) in [6.07, 6.45) is 8.42. The fourth-order valence-electron chi connectivity index (χ4n) is 3.85. The predicted molar refractivity (Wildman–Crippen MR) is 98.4 cm³/mol. The Bertz CT molecular complexity index is 443. The van der Waals surface area contributed by atoms with Crippen LogP contribution in [0.3, 0.4) is 0 Å². The van der Waals surface area contributed by atoms with E-state index in [4.69, 9.17) is 4.74 Å². The van der Waals surface area contributed by atoms with Crippen LogP contribution in [-0.4, -0.2) is 55.2 Å². The molecular formula is C19H35N3O3. The first-order chi connectivity index (χ1) is 12.0. The van der Waals surface area contributed by atoms with Gasteiger partial charge in [0.1, 0.15) is 6.04 Å². The Kier molecular flexibility index (Phi) is 7.54. The van der Waals surface area contributed by atoms with Crippen LogP contribution >= 0.6 is 0 Å². The normalized spacial score (nSPS) is 22.3. The third-order valence-corrected chi connectivity index (χ3v) is 5.95. The van der Waals surface area contributed by atoms with Crippen molar-refractivity contribution in [3.05, 3.63) is 0 Å². The summed E-state index contributed by atoms with van der Waals surface area (Å²) in [5.74, 6) is 0.000277. The van der Waals surface area contributed by atoms with Crippen LogP contribution in [0.5, 0.6) is 0 Å². The summed E-state index contributed by atoms with van der Waals surface area (Å²) in [7, 11) is 1.73. The number of nitrogens with one attached hydrogen (secondary N) is 2. The van der Waals surface area contributed by atoms with Gasteiger partial charge in [0, 0.05) is 26.7 Å². The Hall–Kier alpha value is -1.30. The van der Waals surface area contributed by atoms with Crippen LogP contribution in [0.25, 0.3) is 0 Å². The fraction of sp³-hybridized carbons (Fsp3) is 0.895. The molecule has 0 aromatic rings. The number of hydrogen-bond acceptors (Lipinski definition) is 3. The van der Waals surface area contributed by atoms with Gasteiger partial charge in [0.25, 0.3) is 0 Å². The Morgan fingerprint density at radius 3 is 2.32 bits per heavy atom. The monoisotopic (exact) mass is 353 g/mol. The molecule has 0 aromatic carbocycles. The molecule has 2 atom stereocenters. The number of rotatable bonds is 7. The maximum atomic E-state index is 12.8. The zero-order chi connectivity index (χ0) is 18.3. The standard InChI is InChI=1S/C19H35N3O3/c1-4-15(2)16(21-18(24)22-12-8-9-13-22)17(23)20-14-19(25-3)10-6-5-7-11-19/h15-16H,4-14H2,1-3H3,(H,20,23)(H,21,24)/t15?,16-/m0/s1. The van der Waals surface area contributed by atoms with E-state index in [9.17, 15) is 9.59 Å². The summed E-state index contributed by atoms with van der Waals surface area (Å²) in [6, 6.07) is -0.604. The zero-order valence-corrected chi connectivity index (χ0v) is 16.1. The molecular weight excluding hydrogens is 318 g/mol. The van der Waals surface area contributed by atoms with Crippen LogP contribution < -0.4 is 10.6 Å². The first kappa shape index (κ1) is 20.0. The molecule has 2 rings (SSSR count). The maximum Gasteiger partial charge on any atom is 0.318 e. The summed E-state index contributed by atoms with van der Waals surface area (Å²) in [6.45, 7) is 6.15. The lowest BCUT2D eigenvalue weighted by Crippen LogP contribution is -2.56. The molecule has 0 bridgehead atoms. The van der Waals surface area contributed by atoms with E-state index in [1.54, 1.807) is 12.0 Å². The Balaban J connectivity index is 1.93. The van der Waals surface area contributed by atoms with Crippen molar-refractivity contribution in [3.8, 4) is 0 Å². The molecule has 0 spiro atoms. The lowest BCUT2D eigenvalue weighted by atomic mass is 9.84. The van der Waals surface area contributed by atoms with Crippen molar-refractivity contribution in [2.75, 3.05) is 26.7 Å². The van der Waals surface area contributed by atoms with Gasteiger partial charge in [-0.25, -0.2) is 4.79 Å². The lowest BCUT2D eigenvalue weighted by Gasteiger charge is -2.37. The lowest BCUT2D eigenvalue weighted by molar-refractivity contribution is -0.126. The van der Waals surface area contributed by atoms with Gasteiger partial charge in [-0.1, -0.05) is 39.5 Å². The van der Waals surface area contributed by atoms with Crippen molar-refractivity contribution in [1.29, 1.82) is 0 Å². The van der Waals surface area contributed by atoms with E-state index in [1.165, 1.54) is 6.42 Å². The molecule has 2 fully saturated rings. The van der Waals surface area contributed by atoms with Gasteiger partial charge < -0.3 is 20.3 Å². The number of ether oxygens (including phenoxy) is 1. The predicted octanol–water partition coefficient (Wildman–Crippen LogP) is 2.67. The van der Waals surface area contributed by atoms with E-state index in [2.05, 4.69) is 10.6 Å². The van der Waals surface area contributed by atoms with Crippen molar-refractivity contribution in [2.24, 2.45) is 5.92 Å². The van der Waals surface area contributed by atoms with E-state index in [0.717, 1.165) is 58.0 Å². The molecule has 144 valence electrons. The van der Waals surface area contributed by atoms with E-state index in [0.29, 0.717) is 6.54 Å². The number of hydrogen-bond donors (Lipinski definition) is 2. The quantitative estimate of drug-likeness (QED) is 0.739. The van der Waals surface area contributed by atoms with Crippen molar-refractivity contribution < 1.29 is 14.3 Å². The summed E-state index contributed by atoms with van der Waals surface area (Å²) < 4.78 is 5.75. The van der Waals surface area contributed by atoms with Crippen LogP contribution in [0.4, 0.5) is 4.79 Å². The molecule has 1 saturated heterocycles. The number of carbonyl (C=O) groups is 2. The van der Waals surface area contributed by atoms with E-state index < -0.39 is 6.04 Å². The van der Waals surface area contributed by atoms with E-state index in [1.807, 2.05) is 13.8 Å². The van der Waals surface area contributed by atoms with Gasteiger partial charge in [0.2, 0.25) is 5.91 Å². The number of likely N-dealkylation sites (tertiary alicyclic amines) is 1. The molecule has 1 unspecified atom stereocenters. The molecule has 6 nitrogen and oxygen atoms in total. The summed E-state index contributed by atoms with van der Waals surface area (Å²) in [5, 5.41) is 6.02. The van der Waals surface area contributed by atoms with Crippen molar-refractivity contribution in [1.82, 2.24) is 15.5 Å². The Morgan fingerprint density at radius 1 is 1.12 bits per heavy atom. The highest BCUT2D eigenvalue weighted by Crippen LogP contribution is 2.30. The maximum absolute atomic E-state index is 12.8. The molecule has 0 radical (unpaired) electrons. The highest BCUT2D eigenvalue weighted by atomic mass is 16.5. The summed E-state index contributed by atoms with van der Waals surface area (Å²) >= 11 is 0. The molecule has 2 N–H and O–H groups in total. The van der Waals surface area contributed by atoms with Crippen molar-refractivity contribution in [2.45, 2.75) is 76.9 Å². The topological polar surface area (TPSA) is 70.7 Å². The molecule has 1 saturated carbocycles. The SMILES string of the molecule is CCC(C)[C@H](NC(=O)N1CCCC1)C(=O)NCC1(OC)CCCCC1. The number of amides is 3. The van der Waals surface area contributed by atoms with E-state index in [-0.39, 0.29) is 23.5 Å². The minimum atomic E-state index is -0.490. The fourth-order valence-corrected chi connectivity index (χ4v) is 3.85. The van der Waals surface area contributed by atoms with Gasteiger partial charge in [-0.2, -0.15) is 0 Å². The smallest absolute Gasteiger partial charge is 0.318 e. The average molecular weight is 354 g/mol. The first-order valence-electron chi connectivity index (χ1n) is 9.89. The second-order valence-electron chi connectivity index (χ2n) is 7.67. The highest BCUT2D eigenvalue weighted by molar-refractivity contribution is 5.87. The number of carbonyl (C=O) groups excluding carboxylic acids is 2. The van der Waals surface area contributed by atoms with Gasteiger partial charge in [-0.05, 0) is 31.6 Å². The van der Waals surface area contributed by atoms with Crippen molar-refractivity contribution in [3.63, 3.8) is 0 Å². The minimum Gasteiger partial charge on any atom is -0.376 e. The van der Waals surface area contributed by atoms with Gasteiger partial charge in [0.15, 0.2) is 0 Å². The Labute approximate surface area is 152 Å². The zero-order valence-electron chi connectivity index (χ0n) is 16.1. The molecule has 3 amide bonds. The van der Waals surface area contributed by atoms with Crippen LogP contribution in [0.15, 0.2) is 0 Å². The third-order valence-electron chi connectivity index (χ3n) is 5.95. The molecule has 1 aliphatic heterocycles. The summed E-state index contributed by atoms with van der Waals surface area (Å²) in [4.78, 5) is 27.0. The van der Waals surface area contributed by atoms with Gasteiger partial charge in [-0.15, -0.1) is 0 Å². The van der Waals surface area contributed by atoms with Gasteiger partial charge >= 0.3 is 6.03 Å². The largest absolute Gasteiger partial charge is 0.376 e. The number of urea groups is 1. The second-order valence-corrected chi connectivity index (χ2v) is 7.67. The van der Waals surface area contributed by atoms with Crippen LogP contribution in [-0.2, 0) is 9.53 Å². The molecule has 0 aromatic heterocycles. The number of methoxy groups -OCH3 is 1. The number of nitrogens with zero attached hydrogens (tertiary/aromatic N) is 1. The molecule has 6 heteroatoms. The van der Waals surface area contributed by atoms with Crippen LogP contribution in [0.2, 0.25) is 0 Å². The molecule has 2 aliphatic rings. The van der Waals surface area contributed by atoms with Gasteiger partial charge in [0.05, 0.1) is 5.60 Å². The molecule has 1 heterocycles. The third kappa shape index (κ3) is 5.33. The average Bonchev–Trinajstić information content (AvgIpc) is 3.19. The van der Waals surface area contributed by atoms with Gasteiger partial charge in [-0.3, -0.25) is 4.79 Å². The van der Waals surface area contributed by atoms with Crippen LogP contribution in [0, 0.1) is 5.92 Å². The van der Waals surface area contributed by atoms with E-state index >= 15 is 0 Å². The highest BCUT2D eigenvalue weighted by Gasteiger charge is 2.34. The summed E-state index contributed by atoms with van der Waals surface area (Å²) in [5.41, 5.74) is -0.243. The second kappa shape index (κ2) is 9.41. The van der Waals surface area contributed by atoms with Crippen LogP contribution in [0.1, 0.15) is 65.2 Å². The molecule has 25 heavy (non-hydrogen) atoms.